The highest BCUT2D eigenvalue weighted by Gasteiger charge is 2.52. The summed E-state index contributed by atoms with van der Waals surface area (Å²) in [6.45, 7) is 1.90. The normalized spacial score (nSPS) is 15.6. The molecule has 2 N–H and O–H groups in total. The Balaban J connectivity index is 1.70. The van der Waals surface area contributed by atoms with Crippen LogP contribution in [0.15, 0.2) is 72.8 Å². The van der Waals surface area contributed by atoms with E-state index in [4.69, 9.17) is 0 Å². The maximum absolute atomic E-state index is 13.4. The zero-order valence-corrected chi connectivity index (χ0v) is 19.8. The van der Waals surface area contributed by atoms with Crippen molar-refractivity contribution in [3.05, 3.63) is 105 Å². The molecule has 1 amide bonds. The molecule has 37 heavy (non-hydrogen) atoms. The maximum Gasteiger partial charge on any atom is 0.423 e. The maximum atomic E-state index is 13.4. The third-order valence-corrected chi connectivity index (χ3v) is 6.43. The molecule has 1 saturated carbocycles. The van der Waals surface area contributed by atoms with Gasteiger partial charge in [0.15, 0.2) is 0 Å². The van der Waals surface area contributed by atoms with Crippen LogP contribution in [0.4, 0.5) is 24.5 Å². The van der Waals surface area contributed by atoms with Crippen LogP contribution in [0, 0.1) is 28.9 Å². The number of rotatable bonds is 6. The lowest BCUT2D eigenvalue weighted by Gasteiger charge is -2.27. The number of nitrogens with zero attached hydrogens (tertiary/aromatic N) is 1. The van der Waals surface area contributed by atoms with Crippen LogP contribution in [0.2, 0.25) is 0 Å². The molecule has 0 heterocycles. The van der Waals surface area contributed by atoms with E-state index in [-0.39, 0.29) is 12.1 Å². The third-order valence-electron chi connectivity index (χ3n) is 6.43. The minimum atomic E-state index is -5.02. The van der Waals surface area contributed by atoms with Gasteiger partial charge in [-0.2, -0.15) is 13.2 Å². The second-order valence-corrected chi connectivity index (χ2v) is 9.24. The molecule has 4 rings (SSSR count). The van der Waals surface area contributed by atoms with Crippen molar-refractivity contribution < 1.29 is 28.0 Å². The number of amides is 1. The van der Waals surface area contributed by atoms with Gasteiger partial charge >= 0.3 is 6.18 Å². The molecule has 1 aliphatic rings. The van der Waals surface area contributed by atoms with Crippen molar-refractivity contribution in [1.82, 2.24) is 0 Å². The number of hydrogen-bond donors (Lipinski definition) is 2. The monoisotopic (exact) mass is 508 g/mol. The van der Waals surface area contributed by atoms with Gasteiger partial charge in [0.05, 0.1) is 4.92 Å². The van der Waals surface area contributed by atoms with Gasteiger partial charge in [-0.15, -0.1) is 0 Å². The Morgan fingerprint density at radius 1 is 1.08 bits per heavy atom. The van der Waals surface area contributed by atoms with E-state index in [9.17, 15) is 33.2 Å². The van der Waals surface area contributed by atoms with E-state index >= 15 is 0 Å². The molecule has 190 valence electrons. The lowest BCUT2D eigenvalue weighted by molar-refractivity contribution is -0.388. The first-order valence-electron chi connectivity index (χ1n) is 11.5. The van der Waals surface area contributed by atoms with Gasteiger partial charge in [0.2, 0.25) is 5.60 Å². The highest BCUT2D eigenvalue weighted by atomic mass is 19.4. The van der Waals surface area contributed by atoms with Crippen molar-refractivity contribution in [3.63, 3.8) is 0 Å². The molecule has 0 bridgehead atoms. The second kappa shape index (κ2) is 9.71. The van der Waals surface area contributed by atoms with Crippen LogP contribution in [-0.2, 0) is 16.4 Å². The van der Waals surface area contributed by atoms with Gasteiger partial charge in [0.1, 0.15) is 5.56 Å². The number of aryl methyl sites for hydroxylation is 1. The summed E-state index contributed by atoms with van der Waals surface area (Å²) in [5, 5.41) is 24.9. The summed E-state index contributed by atoms with van der Waals surface area (Å²) in [6, 6.07) is 18.6. The number of halogens is 3. The van der Waals surface area contributed by atoms with E-state index in [1.165, 1.54) is 0 Å². The van der Waals surface area contributed by atoms with Gasteiger partial charge in [-0.1, -0.05) is 59.9 Å². The first kappa shape index (κ1) is 25.9. The van der Waals surface area contributed by atoms with Gasteiger partial charge in [-0.3, -0.25) is 14.9 Å². The van der Waals surface area contributed by atoms with E-state index in [0.717, 1.165) is 17.2 Å². The molecular weight excluding hydrogens is 485 g/mol. The van der Waals surface area contributed by atoms with Crippen LogP contribution >= 0.6 is 0 Å². The average Bonchev–Trinajstić information content (AvgIpc) is 3.64. The highest BCUT2D eigenvalue weighted by Crippen LogP contribution is 2.53. The fraction of sp³-hybridized carbons (Fsp3) is 0.250. The van der Waals surface area contributed by atoms with Crippen LogP contribution in [0.1, 0.15) is 41.5 Å². The Morgan fingerprint density at radius 2 is 1.73 bits per heavy atom. The first-order chi connectivity index (χ1) is 17.4. The van der Waals surface area contributed by atoms with Crippen molar-refractivity contribution in [2.75, 3.05) is 5.32 Å². The number of carbonyl (C=O) groups excluding carboxylic acids is 1. The fourth-order valence-electron chi connectivity index (χ4n) is 4.23. The smallest absolute Gasteiger partial charge is 0.369 e. The lowest BCUT2D eigenvalue weighted by Crippen LogP contribution is -2.44. The number of anilines is 1. The molecular formula is C28H23F3N2O4. The Labute approximate surface area is 211 Å². The van der Waals surface area contributed by atoms with Crippen LogP contribution in [0.5, 0.6) is 0 Å². The van der Waals surface area contributed by atoms with E-state index in [1.54, 1.807) is 12.1 Å². The SMILES string of the molecule is Cc1ccc(C#CC(O)(CC2(c3ccccc3)CC2)C(=O)Nc2ccc([N+](=O)[O-])c(C(F)(F)F)c2)cc1. The molecule has 3 aromatic rings. The molecule has 0 spiro atoms. The summed E-state index contributed by atoms with van der Waals surface area (Å²) in [5.41, 5.74) is -3.28. The van der Waals surface area contributed by atoms with Crippen LogP contribution in [0.25, 0.3) is 0 Å². The Kier molecular flexibility index (Phi) is 6.80. The number of aliphatic hydroxyl groups is 1. The largest absolute Gasteiger partial charge is 0.423 e. The van der Waals surface area contributed by atoms with Crippen molar-refractivity contribution in [3.8, 4) is 11.8 Å². The lowest BCUT2D eigenvalue weighted by atomic mass is 9.82. The minimum absolute atomic E-state index is 0.0756. The predicted octanol–water partition coefficient (Wildman–Crippen LogP) is 5.77. The summed E-state index contributed by atoms with van der Waals surface area (Å²) < 4.78 is 40.3. The van der Waals surface area contributed by atoms with Crippen LogP contribution in [-0.4, -0.2) is 21.5 Å². The summed E-state index contributed by atoms with van der Waals surface area (Å²) >= 11 is 0. The molecule has 6 nitrogen and oxygen atoms in total. The molecule has 1 atom stereocenters. The number of nitro benzene ring substituents is 1. The predicted molar refractivity (Wildman–Crippen MR) is 132 cm³/mol. The first-order valence-corrected chi connectivity index (χ1v) is 11.5. The quantitative estimate of drug-likeness (QED) is 0.251. The van der Waals surface area contributed by atoms with Crippen molar-refractivity contribution in [2.24, 2.45) is 0 Å². The van der Waals surface area contributed by atoms with Crippen molar-refractivity contribution >= 4 is 17.3 Å². The highest BCUT2D eigenvalue weighted by molar-refractivity contribution is 6.00. The third kappa shape index (κ3) is 5.81. The average molecular weight is 508 g/mol. The number of nitrogens with one attached hydrogen (secondary N) is 1. The Morgan fingerprint density at radius 3 is 2.30 bits per heavy atom. The van der Waals surface area contributed by atoms with Gasteiger partial charge in [-0.05, 0) is 55.0 Å². The molecule has 0 saturated heterocycles. The topological polar surface area (TPSA) is 92.5 Å². The molecule has 0 aromatic heterocycles. The standard InChI is InChI=1S/C28H23F3N2O4/c1-19-7-9-20(10-8-19)13-14-27(35,18-26(15-16-26)21-5-3-2-4-6-21)25(34)32-22-11-12-24(33(36)37)23(17-22)28(29,30)31/h2-12,17,35H,15-16,18H2,1H3,(H,32,34). The number of carbonyl (C=O) groups is 1. The van der Waals surface area contributed by atoms with E-state index < -0.39 is 39.3 Å². The molecule has 1 unspecified atom stereocenters. The molecule has 3 aromatic carbocycles. The number of alkyl halides is 3. The number of nitro groups is 1. The van der Waals surface area contributed by atoms with Crippen LogP contribution < -0.4 is 5.32 Å². The van der Waals surface area contributed by atoms with E-state index in [0.29, 0.717) is 30.5 Å². The zero-order chi connectivity index (χ0) is 26.8. The van der Waals surface area contributed by atoms with E-state index in [1.807, 2.05) is 49.4 Å². The summed E-state index contributed by atoms with van der Waals surface area (Å²) in [7, 11) is 0. The molecule has 1 aliphatic carbocycles. The number of benzene rings is 3. The minimum Gasteiger partial charge on any atom is -0.369 e. The second-order valence-electron chi connectivity index (χ2n) is 9.24. The van der Waals surface area contributed by atoms with Crippen molar-refractivity contribution in [2.45, 2.75) is 43.4 Å². The van der Waals surface area contributed by atoms with Gasteiger partial charge < -0.3 is 10.4 Å². The Hall–Kier alpha value is -4.16. The summed E-state index contributed by atoms with van der Waals surface area (Å²) in [5.74, 6) is 4.45. The zero-order valence-electron chi connectivity index (χ0n) is 19.8. The fourth-order valence-corrected chi connectivity index (χ4v) is 4.23. The van der Waals surface area contributed by atoms with Crippen LogP contribution in [0.3, 0.4) is 0 Å². The molecule has 0 radical (unpaired) electrons. The van der Waals surface area contributed by atoms with Crippen molar-refractivity contribution in [1.29, 1.82) is 0 Å². The molecule has 1 fully saturated rings. The van der Waals surface area contributed by atoms with E-state index in [2.05, 4.69) is 17.2 Å². The Bertz CT molecular complexity index is 1390. The number of hydrogen-bond acceptors (Lipinski definition) is 4. The van der Waals surface area contributed by atoms with Gasteiger partial charge in [0.25, 0.3) is 11.6 Å². The summed E-state index contributed by atoms with van der Waals surface area (Å²) in [4.78, 5) is 23.3. The van der Waals surface area contributed by atoms with Gasteiger partial charge in [0, 0.05) is 23.7 Å². The summed E-state index contributed by atoms with van der Waals surface area (Å²) in [6.07, 6.45) is -3.69. The molecule has 0 aliphatic heterocycles. The molecule has 9 heteroatoms. The van der Waals surface area contributed by atoms with Gasteiger partial charge in [-0.25, -0.2) is 0 Å².